The molecule has 1 heteroatoms. The summed E-state index contributed by atoms with van der Waals surface area (Å²) in [5, 5.41) is 0. The number of ether oxygens (including phenoxy) is 1. The van der Waals surface area contributed by atoms with Crippen molar-refractivity contribution in [2.24, 2.45) is 0 Å². The lowest BCUT2D eigenvalue weighted by Crippen LogP contribution is -1.96. The van der Waals surface area contributed by atoms with E-state index >= 15 is 0 Å². The Morgan fingerprint density at radius 3 is 1.33 bits per heavy atom. The molecule has 1 nitrogen and oxygen atoms in total. The molecule has 0 unspecified atom stereocenters. The van der Waals surface area contributed by atoms with E-state index in [9.17, 15) is 0 Å². The second-order valence-electron chi connectivity index (χ2n) is 6.42. The van der Waals surface area contributed by atoms with E-state index in [2.05, 4.69) is 13.8 Å². The number of hydrogen-bond acceptors (Lipinski definition) is 1. The molecule has 0 aliphatic heterocycles. The third kappa shape index (κ3) is 20.0. The van der Waals surface area contributed by atoms with E-state index in [-0.39, 0.29) is 0 Å². The van der Waals surface area contributed by atoms with Gasteiger partial charge in [-0.1, -0.05) is 104 Å². The van der Waals surface area contributed by atoms with Crippen LogP contribution in [0.25, 0.3) is 0 Å². The van der Waals surface area contributed by atoms with E-state index in [0.29, 0.717) is 0 Å². The maximum Gasteiger partial charge on any atom is 0.0466 e. The van der Waals surface area contributed by atoms with Gasteiger partial charge in [-0.3, -0.25) is 0 Å². The van der Waals surface area contributed by atoms with Crippen molar-refractivity contribution in [3.05, 3.63) is 6.92 Å². The van der Waals surface area contributed by atoms with Gasteiger partial charge in [0.2, 0.25) is 0 Å². The maximum atomic E-state index is 5.58. The third-order valence-corrected chi connectivity index (χ3v) is 4.18. The summed E-state index contributed by atoms with van der Waals surface area (Å²) >= 11 is 0. The van der Waals surface area contributed by atoms with Crippen LogP contribution in [-0.4, -0.2) is 13.2 Å². The predicted molar refractivity (Wildman–Crippen MR) is 95.7 cm³/mol. The molecule has 0 amide bonds. The molecule has 21 heavy (non-hydrogen) atoms. The van der Waals surface area contributed by atoms with Crippen molar-refractivity contribution >= 4 is 0 Å². The van der Waals surface area contributed by atoms with Gasteiger partial charge in [0.1, 0.15) is 0 Å². The minimum absolute atomic E-state index is 0.964. The fraction of sp³-hybridized carbons (Fsp3) is 0.950. The Hall–Kier alpha value is -0.0400. The van der Waals surface area contributed by atoms with Crippen LogP contribution < -0.4 is 0 Å². The first-order chi connectivity index (χ1) is 10.4. The SMILES string of the molecule is [CH2]CCCCCCCCCCCCCCCOCCCC. The first-order valence-corrected chi connectivity index (χ1v) is 9.78. The average Bonchev–Trinajstić information content (AvgIpc) is 2.50. The highest BCUT2D eigenvalue weighted by atomic mass is 16.5. The van der Waals surface area contributed by atoms with Crippen LogP contribution in [0.2, 0.25) is 0 Å². The minimum Gasteiger partial charge on any atom is -0.381 e. The van der Waals surface area contributed by atoms with Crippen molar-refractivity contribution in [2.75, 3.05) is 13.2 Å². The molecule has 0 aliphatic carbocycles. The van der Waals surface area contributed by atoms with Crippen molar-refractivity contribution in [1.82, 2.24) is 0 Å². The Balaban J connectivity index is 2.90. The van der Waals surface area contributed by atoms with Gasteiger partial charge in [0.05, 0.1) is 0 Å². The van der Waals surface area contributed by atoms with Gasteiger partial charge in [-0.2, -0.15) is 0 Å². The molecule has 0 spiro atoms. The van der Waals surface area contributed by atoms with Crippen molar-refractivity contribution in [3.63, 3.8) is 0 Å². The summed E-state index contributed by atoms with van der Waals surface area (Å²) in [7, 11) is 0. The Morgan fingerprint density at radius 2 is 0.905 bits per heavy atom. The smallest absolute Gasteiger partial charge is 0.0466 e. The molecule has 0 heterocycles. The molecule has 0 saturated heterocycles. The second-order valence-corrected chi connectivity index (χ2v) is 6.42. The van der Waals surface area contributed by atoms with Crippen molar-refractivity contribution in [3.8, 4) is 0 Å². The quantitative estimate of drug-likeness (QED) is 0.245. The van der Waals surface area contributed by atoms with Crippen molar-refractivity contribution in [2.45, 2.75) is 110 Å². The highest BCUT2D eigenvalue weighted by Crippen LogP contribution is 2.12. The van der Waals surface area contributed by atoms with E-state index in [1.165, 1.54) is 96.3 Å². The summed E-state index contributed by atoms with van der Waals surface area (Å²) in [5.41, 5.74) is 0. The maximum absolute atomic E-state index is 5.58. The monoisotopic (exact) mass is 297 g/mol. The highest BCUT2D eigenvalue weighted by molar-refractivity contribution is 4.50. The van der Waals surface area contributed by atoms with Gasteiger partial charge in [0, 0.05) is 13.2 Å². The Kier molecular flexibility index (Phi) is 19.9. The standard InChI is InChI=1S/C20H41O/c1-3-5-7-8-9-10-11-12-13-14-15-16-17-18-20-21-19-6-4-2/h1,3-20H2,2H3. The predicted octanol–water partition coefficient (Wildman–Crippen LogP) is 7.10. The molecular weight excluding hydrogens is 256 g/mol. The second kappa shape index (κ2) is 20.0. The molecule has 0 N–H and O–H groups in total. The molecule has 0 saturated carbocycles. The summed E-state index contributed by atoms with van der Waals surface area (Å²) < 4.78 is 5.58. The molecule has 1 radical (unpaired) electrons. The molecule has 0 aliphatic rings. The molecule has 0 fully saturated rings. The van der Waals surface area contributed by atoms with Gasteiger partial charge >= 0.3 is 0 Å². The van der Waals surface area contributed by atoms with E-state index in [1.807, 2.05) is 0 Å². The largest absolute Gasteiger partial charge is 0.381 e. The molecule has 0 atom stereocenters. The number of unbranched alkanes of at least 4 members (excludes halogenated alkanes) is 14. The van der Waals surface area contributed by atoms with Gasteiger partial charge in [-0.25, -0.2) is 0 Å². The van der Waals surface area contributed by atoms with Crippen LogP contribution in [0.4, 0.5) is 0 Å². The molecule has 0 aromatic rings. The molecule has 0 rings (SSSR count). The van der Waals surface area contributed by atoms with Crippen LogP contribution in [0.15, 0.2) is 0 Å². The molecule has 0 bridgehead atoms. The van der Waals surface area contributed by atoms with Crippen LogP contribution in [0.1, 0.15) is 110 Å². The lowest BCUT2D eigenvalue weighted by atomic mass is 10.0. The Bertz CT molecular complexity index is 149. The normalized spacial score (nSPS) is 11.1. The molecular formula is C20H41O. The zero-order valence-electron chi connectivity index (χ0n) is 14.8. The van der Waals surface area contributed by atoms with Gasteiger partial charge in [0.25, 0.3) is 0 Å². The van der Waals surface area contributed by atoms with Crippen LogP contribution in [0.3, 0.4) is 0 Å². The first-order valence-electron chi connectivity index (χ1n) is 9.78. The van der Waals surface area contributed by atoms with Crippen molar-refractivity contribution in [1.29, 1.82) is 0 Å². The molecule has 127 valence electrons. The number of rotatable bonds is 18. The van der Waals surface area contributed by atoms with Crippen LogP contribution in [0, 0.1) is 6.92 Å². The molecule has 0 aromatic carbocycles. The fourth-order valence-corrected chi connectivity index (χ4v) is 2.67. The minimum atomic E-state index is 0.964. The van der Waals surface area contributed by atoms with E-state index < -0.39 is 0 Å². The van der Waals surface area contributed by atoms with Crippen LogP contribution in [0.5, 0.6) is 0 Å². The van der Waals surface area contributed by atoms with Crippen LogP contribution >= 0.6 is 0 Å². The van der Waals surface area contributed by atoms with E-state index in [4.69, 9.17) is 4.74 Å². The Morgan fingerprint density at radius 1 is 0.524 bits per heavy atom. The summed E-state index contributed by atoms with van der Waals surface area (Å²) in [6.45, 7) is 8.05. The van der Waals surface area contributed by atoms with Gasteiger partial charge < -0.3 is 4.74 Å². The summed E-state index contributed by atoms with van der Waals surface area (Å²) in [4.78, 5) is 0. The fourth-order valence-electron chi connectivity index (χ4n) is 2.67. The lowest BCUT2D eigenvalue weighted by molar-refractivity contribution is 0.127. The van der Waals surface area contributed by atoms with E-state index in [0.717, 1.165) is 19.6 Å². The molecule has 0 aromatic heterocycles. The topological polar surface area (TPSA) is 9.23 Å². The Labute approximate surface area is 135 Å². The first kappa shape index (κ1) is 21.0. The summed E-state index contributed by atoms with van der Waals surface area (Å²) in [6, 6.07) is 0. The van der Waals surface area contributed by atoms with Crippen LogP contribution in [-0.2, 0) is 4.74 Å². The van der Waals surface area contributed by atoms with Gasteiger partial charge in [-0.05, 0) is 12.8 Å². The highest BCUT2D eigenvalue weighted by Gasteiger charge is 1.94. The summed E-state index contributed by atoms with van der Waals surface area (Å²) in [5.74, 6) is 0. The average molecular weight is 298 g/mol. The number of hydrogen-bond donors (Lipinski definition) is 0. The zero-order chi connectivity index (χ0) is 15.4. The van der Waals surface area contributed by atoms with Gasteiger partial charge in [-0.15, -0.1) is 0 Å². The lowest BCUT2D eigenvalue weighted by Gasteiger charge is -2.04. The van der Waals surface area contributed by atoms with Crippen molar-refractivity contribution < 1.29 is 4.74 Å². The third-order valence-electron chi connectivity index (χ3n) is 4.18. The van der Waals surface area contributed by atoms with Gasteiger partial charge in [0.15, 0.2) is 0 Å². The van der Waals surface area contributed by atoms with E-state index in [1.54, 1.807) is 0 Å². The summed E-state index contributed by atoms with van der Waals surface area (Å²) in [6.07, 6.45) is 21.9. The zero-order valence-corrected chi connectivity index (χ0v) is 14.8.